The van der Waals surface area contributed by atoms with Crippen molar-refractivity contribution in [3.8, 4) is 0 Å². The van der Waals surface area contributed by atoms with Gasteiger partial charge in [-0.15, -0.1) is 0 Å². The molecule has 76 valence electrons. The van der Waals surface area contributed by atoms with Crippen LogP contribution >= 0.6 is 0 Å². The zero-order chi connectivity index (χ0) is 9.97. The highest BCUT2D eigenvalue weighted by Crippen LogP contribution is 2.33. The van der Waals surface area contributed by atoms with E-state index >= 15 is 0 Å². The van der Waals surface area contributed by atoms with Gasteiger partial charge in [0.2, 0.25) is 0 Å². The van der Waals surface area contributed by atoms with Gasteiger partial charge in [-0.2, -0.15) is 0 Å². The molecule has 1 atom stereocenters. The molecule has 0 bridgehead atoms. The van der Waals surface area contributed by atoms with Crippen molar-refractivity contribution in [1.82, 2.24) is 4.98 Å². The van der Waals surface area contributed by atoms with E-state index in [-0.39, 0.29) is 5.82 Å². The number of rotatable bonds is 4. The third kappa shape index (κ3) is 2.51. The smallest absolute Gasteiger partial charge is 0.141 e. The third-order valence-electron chi connectivity index (χ3n) is 2.76. The lowest BCUT2D eigenvalue weighted by molar-refractivity contribution is 0.547. The van der Waals surface area contributed by atoms with Crippen molar-refractivity contribution >= 4 is 0 Å². The van der Waals surface area contributed by atoms with Gasteiger partial charge >= 0.3 is 0 Å². The number of hydrogen-bond acceptors (Lipinski definition) is 2. The molecule has 1 aliphatic rings. The largest absolute Gasteiger partial charge is 0.327 e. The van der Waals surface area contributed by atoms with E-state index in [1.807, 2.05) is 0 Å². The monoisotopic (exact) mass is 194 g/mol. The Morgan fingerprint density at radius 3 is 2.93 bits per heavy atom. The van der Waals surface area contributed by atoms with Gasteiger partial charge in [0.05, 0.1) is 6.20 Å². The van der Waals surface area contributed by atoms with E-state index in [4.69, 9.17) is 5.73 Å². The fourth-order valence-electron chi connectivity index (χ4n) is 1.69. The molecular weight excluding hydrogens is 179 g/mol. The first-order valence-corrected chi connectivity index (χ1v) is 5.11. The number of aryl methyl sites for hydroxylation is 1. The zero-order valence-corrected chi connectivity index (χ0v) is 8.12. The fourth-order valence-corrected chi connectivity index (χ4v) is 1.69. The molecule has 0 radical (unpaired) electrons. The average molecular weight is 194 g/mol. The highest BCUT2D eigenvalue weighted by Gasteiger charge is 2.27. The van der Waals surface area contributed by atoms with E-state index in [0.717, 1.165) is 24.3 Å². The SMILES string of the molecule is NC(CCc1cncc(F)c1)C1CC1. The summed E-state index contributed by atoms with van der Waals surface area (Å²) in [5.74, 6) is 0.457. The topological polar surface area (TPSA) is 38.9 Å². The van der Waals surface area contributed by atoms with Gasteiger partial charge in [0, 0.05) is 12.2 Å². The molecule has 1 fully saturated rings. The van der Waals surface area contributed by atoms with Gasteiger partial charge in [-0.1, -0.05) is 0 Å². The number of aromatic nitrogens is 1. The van der Waals surface area contributed by atoms with Crippen LogP contribution < -0.4 is 5.73 Å². The van der Waals surface area contributed by atoms with Gasteiger partial charge in [0.25, 0.3) is 0 Å². The van der Waals surface area contributed by atoms with Gasteiger partial charge in [0.15, 0.2) is 0 Å². The molecule has 0 amide bonds. The van der Waals surface area contributed by atoms with Crippen LogP contribution in [-0.2, 0) is 6.42 Å². The third-order valence-corrected chi connectivity index (χ3v) is 2.76. The molecule has 1 aliphatic carbocycles. The lowest BCUT2D eigenvalue weighted by Crippen LogP contribution is -2.22. The Hall–Kier alpha value is -0.960. The number of nitrogens with two attached hydrogens (primary N) is 1. The predicted octanol–water partition coefficient (Wildman–Crippen LogP) is 1.89. The minimum absolute atomic E-state index is 0.262. The lowest BCUT2D eigenvalue weighted by atomic mass is 10.0. The van der Waals surface area contributed by atoms with Crippen LogP contribution in [0, 0.1) is 11.7 Å². The van der Waals surface area contributed by atoms with Crippen LogP contribution in [0.1, 0.15) is 24.8 Å². The predicted molar refractivity (Wildman–Crippen MR) is 53.2 cm³/mol. The summed E-state index contributed by atoms with van der Waals surface area (Å²) >= 11 is 0. The summed E-state index contributed by atoms with van der Waals surface area (Å²) < 4.78 is 12.8. The Labute approximate surface area is 83.3 Å². The maximum absolute atomic E-state index is 12.8. The van der Waals surface area contributed by atoms with Gasteiger partial charge in [-0.05, 0) is 43.2 Å². The molecule has 0 aliphatic heterocycles. The van der Waals surface area contributed by atoms with E-state index in [0.29, 0.717) is 6.04 Å². The van der Waals surface area contributed by atoms with Crippen molar-refractivity contribution in [2.45, 2.75) is 31.7 Å². The fraction of sp³-hybridized carbons (Fsp3) is 0.545. The van der Waals surface area contributed by atoms with Crippen molar-refractivity contribution in [2.75, 3.05) is 0 Å². The highest BCUT2D eigenvalue weighted by molar-refractivity contribution is 5.10. The molecule has 2 rings (SSSR count). The normalized spacial score (nSPS) is 18.1. The van der Waals surface area contributed by atoms with Crippen molar-refractivity contribution < 1.29 is 4.39 Å². The van der Waals surface area contributed by atoms with Crippen molar-refractivity contribution in [3.63, 3.8) is 0 Å². The highest BCUT2D eigenvalue weighted by atomic mass is 19.1. The Morgan fingerprint density at radius 1 is 1.50 bits per heavy atom. The minimum atomic E-state index is -0.262. The molecule has 1 saturated carbocycles. The standard InChI is InChI=1S/C11H15FN2/c12-10-5-8(6-14-7-10)1-4-11(13)9-2-3-9/h5-7,9,11H,1-4,13H2. The molecule has 2 N–H and O–H groups in total. The summed E-state index contributed by atoms with van der Waals surface area (Å²) in [6, 6.07) is 1.82. The Bertz CT molecular complexity index is 310. The van der Waals surface area contributed by atoms with E-state index in [9.17, 15) is 4.39 Å². The number of halogens is 1. The second-order valence-corrected chi connectivity index (χ2v) is 4.05. The zero-order valence-electron chi connectivity index (χ0n) is 8.12. The molecule has 1 unspecified atom stereocenters. The Kier molecular flexibility index (Phi) is 2.77. The number of nitrogens with zero attached hydrogens (tertiary/aromatic N) is 1. The average Bonchev–Trinajstić information content (AvgIpc) is 2.97. The summed E-state index contributed by atoms with van der Waals surface area (Å²) in [7, 11) is 0. The molecule has 1 aromatic rings. The van der Waals surface area contributed by atoms with Crippen LogP contribution in [0.3, 0.4) is 0 Å². The molecule has 0 saturated heterocycles. The molecule has 0 aromatic carbocycles. The number of pyridine rings is 1. The summed E-state index contributed by atoms with van der Waals surface area (Å²) in [5, 5.41) is 0. The van der Waals surface area contributed by atoms with Gasteiger partial charge in [0.1, 0.15) is 5.82 Å². The lowest BCUT2D eigenvalue weighted by Gasteiger charge is -2.09. The van der Waals surface area contributed by atoms with E-state index in [1.165, 1.54) is 25.1 Å². The van der Waals surface area contributed by atoms with Gasteiger partial charge in [-0.3, -0.25) is 4.98 Å². The summed E-state index contributed by atoms with van der Waals surface area (Å²) in [5.41, 5.74) is 6.90. The molecule has 2 nitrogen and oxygen atoms in total. The summed E-state index contributed by atoms with van der Waals surface area (Å²) in [6.07, 6.45) is 7.25. The maximum atomic E-state index is 12.8. The first-order valence-electron chi connectivity index (χ1n) is 5.11. The second kappa shape index (κ2) is 4.05. The van der Waals surface area contributed by atoms with E-state index < -0.39 is 0 Å². The van der Waals surface area contributed by atoms with Crippen LogP contribution in [0.25, 0.3) is 0 Å². The van der Waals surface area contributed by atoms with E-state index in [1.54, 1.807) is 6.20 Å². The molecule has 3 heteroatoms. The van der Waals surface area contributed by atoms with Crippen LogP contribution in [0.5, 0.6) is 0 Å². The molecule has 1 heterocycles. The second-order valence-electron chi connectivity index (χ2n) is 4.05. The van der Waals surface area contributed by atoms with Crippen molar-refractivity contribution in [2.24, 2.45) is 11.7 Å². The minimum Gasteiger partial charge on any atom is -0.327 e. The van der Waals surface area contributed by atoms with Crippen molar-refractivity contribution in [1.29, 1.82) is 0 Å². The first kappa shape index (κ1) is 9.59. The molecule has 14 heavy (non-hydrogen) atoms. The van der Waals surface area contributed by atoms with Crippen LogP contribution in [-0.4, -0.2) is 11.0 Å². The quantitative estimate of drug-likeness (QED) is 0.795. The van der Waals surface area contributed by atoms with Crippen LogP contribution in [0.4, 0.5) is 4.39 Å². The molecule has 0 spiro atoms. The summed E-state index contributed by atoms with van der Waals surface area (Å²) in [4.78, 5) is 3.81. The summed E-state index contributed by atoms with van der Waals surface area (Å²) in [6.45, 7) is 0. The maximum Gasteiger partial charge on any atom is 0.141 e. The van der Waals surface area contributed by atoms with Crippen LogP contribution in [0.2, 0.25) is 0 Å². The van der Waals surface area contributed by atoms with Gasteiger partial charge < -0.3 is 5.73 Å². The Balaban J connectivity index is 1.84. The van der Waals surface area contributed by atoms with Gasteiger partial charge in [-0.25, -0.2) is 4.39 Å². The van der Waals surface area contributed by atoms with E-state index in [2.05, 4.69) is 4.98 Å². The number of hydrogen-bond donors (Lipinski definition) is 1. The Morgan fingerprint density at radius 2 is 2.29 bits per heavy atom. The van der Waals surface area contributed by atoms with Crippen molar-refractivity contribution in [3.05, 3.63) is 29.8 Å². The van der Waals surface area contributed by atoms with Crippen LogP contribution in [0.15, 0.2) is 18.5 Å². The first-order chi connectivity index (χ1) is 6.75. The molecule has 1 aromatic heterocycles. The molecular formula is C11H15FN2.